The van der Waals surface area contributed by atoms with Crippen LogP contribution in [0.25, 0.3) is 0 Å². The minimum absolute atomic E-state index is 0.481. The van der Waals surface area contributed by atoms with Gasteiger partial charge in [0.1, 0.15) is 12.0 Å². The summed E-state index contributed by atoms with van der Waals surface area (Å²) in [6.07, 6.45) is 1.20. The molecule has 0 N–H and O–H groups in total. The Labute approximate surface area is 112 Å². The molecule has 0 aromatic heterocycles. The van der Waals surface area contributed by atoms with Crippen LogP contribution in [0, 0.1) is 13.8 Å². The standard InChI is InChI=1S/C16H15NO2/c1-12-8-13(2)10-14(9-12)17-11-16(18)19-15-6-4-3-5-7-15/h3-11H,1-2H3. The lowest BCUT2D eigenvalue weighted by atomic mass is 10.1. The lowest BCUT2D eigenvalue weighted by Crippen LogP contribution is -2.08. The Hall–Kier alpha value is -2.42. The van der Waals surface area contributed by atoms with Crippen molar-refractivity contribution in [2.75, 3.05) is 0 Å². The third-order valence-electron chi connectivity index (χ3n) is 2.49. The van der Waals surface area contributed by atoms with Gasteiger partial charge in [-0.25, -0.2) is 9.79 Å². The van der Waals surface area contributed by atoms with Crippen molar-refractivity contribution >= 4 is 17.9 Å². The molecule has 0 heterocycles. The number of carbonyl (C=O) groups excluding carboxylic acids is 1. The number of nitrogens with zero attached hydrogens (tertiary/aromatic N) is 1. The third-order valence-corrected chi connectivity index (χ3v) is 2.49. The van der Waals surface area contributed by atoms with E-state index in [0.717, 1.165) is 16.8 Å². The topological polar surface area (TPSA) is 38.7 Å². The summed E-state index contributed by atoms with van der Waals surface area (Å²) >= 11 is 0. The first-order valence-electron chi connectivity index (χ1n) is 6.03. The summed E-state index contributed by atoms with van der Waals surface area (Å²) in [6.45, 7) is 3.99. The zero-order valence-corrected chi connectivity index (χ0v) is 11.0. The number of carbonyl (C=O) groups is 1. The molecule has 0 radical (unpaired) electrons. The summed E-state index contributed by atoms with van der Waals surface area (Å²) < 4.78 is 5.11. The first-order valence-corrected chi connectivity index (χ1v) is 6.03. The quantitative estimate of drug-likeness (QED) is 0.476. The van der Waals surface area contributed by atoms with Crippen LogP contribution in [0.4, 0.5) is 5.69 Å². The molecule has 0 aliphatic carbocycles. The highest BCUT2D eigenvalue weighted by Gasteiger charge is 2.00. The van der Waals surface area contributed by atoms with Crippen molar-refractivity contribution in [2.24, 2.45) is 4.99 Å². The fourth-order valence-electron chi connectivity index (χ4n) is 1.78. The second-order valence-electron chi connectivity index (χ2n) is 4.34. The van der Waals surface area contributed by atoms with Crippen molar-refractivity contribution in [3.05, 3.63) is 59.7 Å². The Kier molecular flexibility index (Phi) is 4.08. The van der Waals surface area contributed by atoms with E-state index in [2.05, 4.69) is 11.1 Å². The lowest BCUT2D eigenvalue weighted by molar-refractivity contribution is -0.126. The van der Waals surface area contributed by atoms with Crippen LogP contribution in [0.15, 0.2) is 53.5 Å². The summed E-state index contributed by atoms with van der Waals surface area (Å²) in [5.41, 5.74) is 2.98. The first-order chi connectivity index (χ1) is 9.13. The Morgan fingerprint density at radius 2 is 1.68 bits per heavy atom. The number of rotatable bonds is 3. The minimum atomic E-state index is -0.481. The van der Waals surface area contributed by atoms with Crippen LogP contribution in [0.3, 0.4) is 0 Å². The summed E-state index contributed by atoms with van der Waals surface area (Å²) in [7, 11) is 0. The maximum atomic E-state index is 11.6. The lowest BCUT2D eigenvalue weighted by Gasteiger charge is -2.01. The maximum Gasteiger partial charge on any atom is 0.354 e. The normalized spacial score (nSPS) is 10.6. The molecular weight excluding hydrogens is 238 g/mol. The number of hydrogen-bond acceptors (Lipinski definition) is 3. The molecule has 2 aromatic carbocycles. The molecule has 0 unspecified atom stereocenters. The molecule has 2 aromatic rings. The highest BCUT2D eigenvalue weighted by Crippen LogP contribution is 2.16. The number of para-hydroxylation sites is 1. The molecule has 0 saturated carbocycles. The van der Waals surface area contributed by atoms with Crippen LogP contribution in [-0.2, 0) is 4.79 Å². The van der Waals surface area contributed by atoms with Gasteiger partial charge in [-0.3, -0.25) is 0 Å². The number of esters is 1. The van der Waals surface area contributed by atoms with Gasteiger partial charge in [0.05, 0.1) is 5.69 Å². The minimum Gasteiger partial charge on any atom is -0.422 e. The first kappa shape index (κ1) is 13.0. The molecule has 0 fully saturated rings. The molecule has 0 amide bonds. The Balaban J connectivity index is 2.04. The van der Waals surface area contributed by atoms with Gasteiger partial charge in [0, 0.05) is 0 Å². The van der Waals surface area contributed by atoms with E-state index in [1.54, 1.807) is 12.1 Å². The van der Waals surface area contributed by atoms with E-state index in [-0.39, 0.29) is 0 Å². The van der Waals surface area contributed by atoms with Crippen molar-refractivity contribution in [2.45, 2.75) is 13.8 Å². The zero-order valence-electron chi connectivity index (χ0n) is 11.0. The number of aryl methyl sites for hydroxylation is 2. The van der Waals surface area contributed by atoms with Crippen molar-refractivity contribution in [1.82, 2.24) is 0 Å². The van der Waals surface area contributed by atoms with E-state index in [1.807, 2.05) is 44.2 Å². The Morgan fingerprint density at radius 3 is 2.32 bits per heavy atom. The van der Waals surface area contributed by atoms with Crippen molar-refractivity contribution in [1.29, 1.82) is 0 Å². The van der Waals surface area contributed by atoms with Gasteiger partial charge in [-0.15, -0.1) is 0 Å². The number of hydrogen-bond donors (Lipinski definition) is 0. The molecule has 96 valence electrons. The molecule has 19 heavy (non-hydrogen) atoms. The molecule has 3 heteroatoms. The van der Waals surface area contributed by atoms with E-state index in [0.29, 0.717) is 5.75 Å². The van der Waals surface area contributed by atoms with E-state index in [4.69, 9.17) is 4.74 Å². The Morgan fingerprint density at radius 1 is 1.05 bits per heavy atom. The molecule has 0 bridgehead atoms. The number of benzene rings is 2. The fourth-order valence-corrected chi connectivity index (χ4v) is 1.78. The van der Waals surface area contributed by atoms with Gasteiger partial charge in [-0.1, -0.05) is 24.3 Å². The van der Waals surface area contributed by atoms with Crippen LogP contribution in [-0.4, -0.2) is 12.2 Å². The van der Waals surface area contributed by atoms with Gasteiger partial charge in [-0.05, 0) is 49.2 Å². The molecule has 0 saturated heterocycles. The van der Waals surface area contributed by atoms with Crippen molar-refractivity contribution < 1.29 is 9.53 Å². The molecule has 3 nitrogen and oxygen atoms in total. The second kappa shape index (κ2) is 5.96. The maximum absolute atomic E-state index is 11.6. The Bertz CT molecular complexity index is 583. The van der Waals surface area contributed by atoms with E-state index in [1.165, 1.54) is 6.21 Å². The van der Waals surface area contributed by atoms with Crippen LogP contribution in [0.1, 0.15) is 11.1 Å². The van der Waals surface area contributed by atoms with Gasteiger partial charge in [0.2, 0.25) is 0 Å². The molecule has 0 aliphatic rings. The molecule has 2 rings (SSSR count). The van der Waals surface area contributed by atoms with E-state index >= 15 is 0 Å². The smallest absolute Gasteiger partial charge is 0.354 e. The molecule has 0 spiro atoms. The van der Waals surface area contributed by atoms with E-state index < -0.39 is 5.97 Å². The van der Waals surface area contributed by atoms with Crippen molar-refractivity contribution in [3.8, 4) is 5.75 Å². The van der Waals surface area contributed by atoms with Crippen LogP contribution in [0.2, 0.25) is 0 Å². The fraction of sp³-hybridized carbons (Fsp3) is 0.125. The summed E-state index contributed by atoms with van der Waals surface area (Å²) in [4.78, 5) is 15.7. The van der Waals surface area contributed by atoms with Crippen molar-refractivity contribution in [3.63, 3.8) is 0 Å². The van der Waals surface area contributed by atoms with Crippen LogP contribution < -0.4 is 4.74 Å². The monoisotopic (exact) mass is 253 g/mol. The van der Waals surface area contributed by atoms with Gasteiger partial charge < -0.3 is 4.74 Å². The summed E-state index contributed by atoms with van der Waals surface area (Å²) in [5.74, 6) is 0.0322. The van der Waals surface area contributed by atoms with Gasteiger partial charge in [-0.2, -0.15) is 0 Å². The summed E-state index contributed by atoms with van der Waals surface area (Å²) in [6, 6.07) is 14.8. The SMILES string of the molecule is Cc1cc(C)cc(N=CC(=O)Oc2ccccc2)c1. The number of ether oxygens (including phenoxy) is 1. The third kappa shape index (κ3) is 4.07. The predicted molar refractivity (Wildman–Crippen MR) is 76.1 cm³/mol. The van der Waals surface area contributed by atoms with Gasteiger partial charge in [0.25, 0.3) is 0 Å². The molecule has 0 atom stereocenters. The summed E-state index contributed by atoms with van der Waals surface area (Å²) in [5, 5.41) is 0. The molecular formula is C16H15NO2. The highest BCUT2D eigenvalue weighted by molar-refractivity contribution is 6.24. The largest absolute Gasteiger partial charge is 0.422 e. The molecule has 0 aliphatic heterocycles. The highest BCUT2D eigenvalue weighted by atomic mass is 16.5. The second-order valence-corrected chi connectivity index (χ2v) is 4.34. The average Bonchev–Trinajstić information content (AvgIpc) is 2.36. The van der Waals surface area contributed by atoms with Gasteiger partial charge >= 0.3 is 5.97 Å². The number of aliphatic imine (C=N–C) groups is 1. The van der Waals surface area contributed by atoms with Crippen LogP contribution >= 0.6 is 0 Å². The average molecular weight is 253 g/mol. The van der Waals surface area contributed by atoms with Gasteiger partial charge in [0.15, 0.2) is 0 Å². The predicted octanol–water partition coefficient (Wildman–Crippen LogP) is 3.61. The zero-order chi connectivity index (χ0) is 13.7. The van der Waals surface area contributed by atoms with Crippen LogP contribution in [0.5, 0.6) is 5.75 Å². The van der Waals surface area contributed by atoms with E-state index in [9.17, 15) is 4.79 Å².